The Kier molecular flexibility index (Phi) is 4.13. The lowest BCUT2D eigenvalue weighted by atomic mass is 9.90. The summed E-state index contributed by atoms with van der Waals surface area (Å²) in [4.78, 5) is 10.9. The number of ether oxygens (including phenoxy) is 1. The van der Waals surface area contributed by atoms with E-state index in [0.717, 1.165) is 4.47 Å². The van der Waals surface area contributed by atoms with E-state index in [1.54, 1.807) is 48.5 Å². The molecule has 0 radical (unpaired) electrons. The van der Waals surface area contributed by atoms with Crippen LogP contribution >= 0.6 is 15.9 Å². The molecule has 1 aliphatic rings. The third kappa shape index (κ3) is 2.83. The zero-order valence-electron chi connectivity index (χ0n) is 11.8. The number of nitriles is 1. The van der Waals surface area contributed by atoms with Gasteiger partial charge in [-0.05, 0) is 17.7 Å². The van der Waals surface area contributed by atoms with Crippen LogP contribution in [0.3, 0.4) is 0 Å². The summed E-state index contributed by atoms with van der Waals surface area (Å²) in [7, 11) is 0. The molecule has 0 aromatic heterocycles. The number of benzene rings is 2. The van der Waals surface area contributed by atoms with Crippen molar-refractivity contribution < 1.29 is 9.66 Å². The van der Waals surface area contributed by atoms with Crippen LogP contribution in [0, 0.1) is 21.4 Å². The maximum atomic E-state index is 11.4. The molecule has 6 heteroatoms. The van der Waals surface area contributed by atoms with Gasteiger partial charge in [-0.2, -0.15) is 5.26 Å². The normalized spacial score (nSPS) is 20.0. The van der Waals surface area contributed by atoms with Gasteiger partial charge in [0.1, 0.15) is 11.7 Å². The molecule has 23 heavy (non-hydrogen) atoms. The Bertz CT molecular complexity index is 810. The molecule has 0 bridgehead atoms. The summed E-state index contributed by atoms with van der Waals surface area (Å²) in [5.41, 5.74) is 1.62. The van der Waals surface area contributed by atoms with Crippen molar-refractivity contribution in [2.75, 3.05) is 0 Å². The van der Waals surface area contributed by atoms with Crippen molar-refractivity contribution in [3.8, 4) is 6.07 Å². The second-order valence-corrected chi connectivity index (χ2v) is 5.96. The molecular weight excluding hydrogens is 360 g/mol. The quantitative estimate of drug-likeness (QED) is 0.601. The fourth-order valence-electron chi connectivity index (χ4n) is 2.64. The molecule has 0 N–H and O–H groups in total. The van der Waals surface area contributed by atoms with Crippen molar-refractivity contribution in [3.05, 3.63) is 85.9 Å². The fraction of sp³-hybridized carbons (Fsp3) is 0.118. The first-order chi connectivity index (χ1) is 11.1. The lowest BCUT2D eigenvalue weighted by molar-refractivity contribution is -0.567. The molecule has 0 spiro atoms. The number of nitro groups is 1. The second-order valence-electron chi connectivity index (χ2n) is 5.04. The SMILES string of the molecule is N#CC1=C(c2ccc(Br)cc2)O[C@H]([N+](=O)[O-])[C@H]1c1ccccc1. The fourth-order valence-corrected chi connectivity index (χ4v) is 2.90. The van der Waals surface area contributed by atoms with Gasteiger partial charge in [-0.1, -0.05) is 58.4 Å². The van der Waals surface area contributed by atoms with Crippen LogP contribution < -0.4 is 0 Å². The first kappa shape index (κ1) is 15.3. The summed E-state index contributed by atoms with van der Waals surface area (Å²) in [6.45, 7) is 0. The Morgan fingerprint density at radius 1 is 1.13 bits per heavy atom. The van der Waals surface area contributed by atoms with Gasteiger partial charge in [0, 0.05) is 10.0 Å². The first-order valence-corrected chi connectivity index (χ1v) is 7.66. The van der Waals surface area contributed by atoms with Crippen molar-refractivity contribution in [1.82, 2.24) is 0 Å². The molecule has 1 aliphatic heterocycles. The van der Waals surface area contributed by atoms with Crippen LogP contribution in [0.2, 0.25) is 0 Å². The van der Waals surface area contributed by atoms with E-state index in [1.165, 1.54) is 0 Å². The summed E-state index contributed by atoms with van der Waals surface area (Å²) in [6.07, 6.45) is -1.30. The molecule has 2 aromatic carbocycles. The Labute approximate surface area is 141 Å². The van der Waals surface area contributed by atoms with Gasteiger partial charge in [-0.3, -0.25) is 10.1 Å². The predicted molar refractivity (Wildman–Crippen MR) is 87.7 cm³/mol. The maximum absolute atomic E-state index is 11.4. The number of hydrogen-bond acceptors (Lipinski definition) is 4. The van der Waals surface area contributed by atoms with Crippen LogP contribution in [0.15, 0.2) is 64.6 Å². The minimum Gasteiger partial charge on any atom is -0.427 e. The van der Waals surface area contributed by atoms with Crippen molar-refractivity contribution in [1.29, 1.82) is 5.26 Å². The highest BCUT2D eigenvalue weighted by Crippen LogP contribution is 2.42. The monoisotopic (exact) mass is 370 g/mol. The lowest BCUT2D eigenvalue weighted by Crippen LogP contribution is -2.26. The standard InChI is InChI=1S/C17H11BrN2O3/c18-13-8-6-12(7-9-13)16-14(10-19)15(17(23-16)20(21)22)11-4-2-1-3-5-11/h1-9,15,17H/t15-,17-/m0/s1. The summed E-state index contributed by atoms with van der Waals surface area (Å²) >= 11 is 3.34. The van der Waals surface area contributed by atoms with Gasteiger partial charge in [0.15, 0.2) is 0 Å². The minimum atomic E-state index is -1.30. The maximum Gasteiger partial charge on any atom is 0.365 e. The zero-order chi connectivity index (χ0) is 16.4. The molecule has 5 nitrogen and oxygen atoms in total. The highest BCUT2D eigenvalue weighted by atomic mass is 79.9. The van der Waals surface area contributed by atoms with Gasteiger partial charge in [0.25, 0.3) is 0 Å². The van der Waals surface area contributed by atoms with E-state index in [1.807, 2.05) is 6.07 Å². The van der Waals surface area contributed by atoms with Crippen LogP contribution in [0.1, 0.15) is 17.0 Å². The molecule has 0 saturated heterocycles. The summed E-state index contributed by atoms with van der Waals surface area (Å²) in [5.74, 6) is -0.439. The van der Waals surface area contributed by atoms with Gasteiger partial charge >= 0.3 is 6.23 Å². The van der Waals surface area contributed by atoms with Crippen LogP contribution in [0.4, 0.5) is 0 Å². The Hall–Kier alpha value is -2.65. The van der Waals surface area contributed by atoms with Crippen LogP contribution in [-0.2, 0) is 4.74 Å². The highest BCUT2D eigenvalue weighted by Gasteiger charge is 2.46. The summed E-state index contributed by atoms with van der Waals surface area (Å²) < 4.78 is 6.44. The largest absolute Gasteiger partial charge is 0.427 e. The second kappa shape index (κ2) is 6.23. The Balaban J connectivity index is 2.13. The minimum absolute atomic E-state index is 0.274. The molecule has 2 atom stereocenters. The van der Waals surface area contributed by atoms with Gasteiger partial charge in [-0.25, -0.2) is 0 Å². The molecule has 0 aliphatic carbocycles. The molecule has 1 heterocycles. The smallest absolute Gasteiger partial charge is 0.365 e. The van der Waals surface area contributed by atoms with E-state index in [9.17, 15) is 15.4 Å². The summed E-state index contributed by atoms with van der Waals surface area (Å²) in [5, 5.41) is 21.0. The topological polar surface area (TPSA) is 76.2 Å². The molecular formula is C17H11BrN2O3. The van der Waals surface area contributed by atoms with Crippen molar-refractivity contribution in [2.45, 2.75) is 12.1 Å². The Morgan fingerprint density at radius 2 is 1.78 bits per heavy atom. The van der Waals surface area contributed by atoms with Crippen LogP contribution in [-0.4, -0.2) is 11.2 Å². The highest BCUT2D eigenvalue weighted by molar-refractivity contribution is 9.10. The lowest BCUT2D eigenvalue weighted by Gasteiger charge is -2.12. The molecule has 0 fully saturated rings. The van der Waals surface area contributed by atoms with E-state index in [2.05, 4.69) is 22.0 Å². The van der Waals surface area contributed by atoms with Gasteiger partial charge in [-0.15, -0.1) is 0 Å². The van der Waals surface area contributed by atoms with E-state index in [4.69, 9.17) is 4.74 Å². The van der Waals surface area contributed by atoms with Crippen molar-refractivity contribution in [2.24, 2.45) is 0 Å². The average molecular weight is 371 g/mol. The van der Waals surface area contributed by atoms with Gasteiger partial charge in [0.2, 0.25) is 0 Å². The van der Waals surface area contributed by atoms with E-state index < -0.39 is 17.1 Å². The first-order valence-electron chi connectivity index (χ1n) is 6.87. The molecule has 114 valence electrons. The third-order valence-electron chi connectivity index (χ3n) is 3.67. The average Bonchev–Trinajstić information content (AvgIpc) is 2.96. The van der Waals surface area contributed by atoms with E-state index >= 15 is 0 Å². The predicted octanol–water partition coefficient (Wildman–Crippen LogP) is 4.10. The third-order valence-corrected chi connectivity index (χ3v) is 4.20. The molecule has 0 amide bonds. The Morgan fingerprint density at radius 3 is 2.35 bits per heavy atom. The van der Waals surface area contributed by atoms with E-state index in [-0.39, 0.29) is 11.3 Å². The van der Waals surface area contributed by atoms with Crippen LogP contribution in [0.25, 0.3) is 5.76 Å². The molecule has 2 aromatic rings. The molecule has 0 saturated carbocycles. The number of rotatable bonds is 3. The van der Waals surface area contributed by atoms with Crippen molar-refractivity contribution in [3.63, 3.8) is 0 Å². The zero-order valence-corrected chi connectivity index (χ0v) is 13.4. The molecule has 3 rings (SSSR count). The van der Waals surface area contributed by atoms with Gasteiger partial charge in [0.05, 0.1) is 16.6 Å². The van der Waals surface area contributed by atoms with Crippen molar-refractivity contribution >= 4 is 21.7 Å². The number of halogens is 1. The van der Waals surface area contributed by atoms with E-state index in [0.29, 0.717) is 11.1 Å². The number of nitrogens with zero attached hydrogens (tertiary/aromatic N) is 2. The van der Waals surface area contributed by atoms with Gasteiger partial charge < -0.3 is 4.74 Å². The summed E-state index contributed by atoms with van der Waals surface area (Å²) in [6, 6.07) is 18.2. The number of hydrogen-bond donors (Lipinski definition) is 0. The van der Waals surface area contributed by atoms with Crippen LogP contribution in [0.5, 0.6) is 0 Å². The molecule has 0 unspecified atom stereocenters.